The molecule has 0 aliphatic carbocycles. The molecule has 0 radical (unpaired) electrons. The van der Waals surface area contributed by atoms with Crippen LogP contribution in [0.2, 0.25) is 0 Å². The van der Waals surface area contributed by atoms with Gasteiger partial charge in [-0.2, -0.15) is 5.10 Å². The summed E-state index contributed by atoms with van der Waals surface area (Å²) in [4.78, 5) is 14.7. The van der Waals surface area contributed by atoms with E-state index in [4.69, 9.17) is 0 Å². The Balaban J connectivity index is 1.27. The van der Waals surface area contributed by atoms with Crippen LogP contribution in [-0.4, -0.2) is 52.8 Å². The first-order valence-electron chi connectivity index (χ1n) is 10.1. The number of nitrogens with one attached hydrogen (secondary N) is 2. The number of para-hydroxylation sites is 1. The number of carbonyl (C=O) groups excluding carboxylic acids is 1. The molecule has 0 saturated carbocycles. The van der Waals surface area contributed by atoms with Gasteiger partial charge in [0.25, 0.3) is 0 Å². The molecular weight excluding hydrogens is 338 g/mol. The second-order valence-electron chi connectivity index (χ2n) is 7.77. The van der Waals surface area contributed by atoms with Crippen LogP contribution in [0.5, 0.6) is 0 Å². The lowest BCUT2D eigenvalue weighted by atomic mass is 9.97. The molecule has 4 rings (SSSR count). The number of rotatable bonds is 6. The number of amides is 1. The number of aromatic nitrogens is 2. The summed E-state index contributed by atoms with van der Waals surface area (Å²) >= 11 is 0. The maximum Gasteiger partial charge on any atom is 0.237 e. The maximum absolute atomic E-state index is 12.2. The Morgan fingerprint density at radius 2 is 2.11 bits per heavy atom. The van der Waals surface area contributed by atoms with Crippen LogP contribution in [0, 0.1) is 5.92 Å². The van der Waals surface area contributed by atoms with E-state index in [1.54, 1.807) is 0 Å². The number of hydrogen-bond donors (Lipinski definition) is 2. The van der Waals surface area contributed by atoms with Crippen LogP contribution in [0.15, 0.2) is 42.7 Å². The maximum atomic E-state index is 12.2. The van der Waals surface area contributed by atoms with Gasteiger partial charge in [0, 0.05) is 31.4 Å². The molecule has 2 atom stereocenters. The SMILES string of the molecule is O=C(NCC1CCCN(Cc2cnn(-c3ccccc3)c2)C1)C1CCCN1. The lowest BCUT2D eigenvalue weighted by Gasteiger charge is -2.32. The zero-order valence-electron chi connectivity index (χ0n) is 15.8. The third kappa shape index (κ3) is 4.76. The average molecular weight is 367 g/mol. The minimum absolute atomic E-state index is 0.0218. The predicted octanol–water partition coefficient (Wildman–Crippen LogP) is 1.95. The van der Waals surface area contributed by atoms with Crippen LogP contribution in [0.3, 0.4) is 0 Å². The van der Waals surface area contributed by atoms with Gasteiger partial charge in [0.15, 0.2) is 0 Å². The van der Waals surface area contributed by atoms with E-state index < -0.39 is 0 Å². The van der Waals surface area contributed by atoms with Crippen molar-refractivity contribution in [2.24, 2.45) is 5.92 Å². The first-order chi connectivity index (χ1) is 13.3. The monoisotopic (exact) mass is 367 g/mol. The summed E-state index contributed by atoms with van der Waals surface area (Å²) in [6.07, 6.45) is 8.53. The van der Waals surface area contributed by atoms with Gasteiger partial charge in [-0.25, -0.2) is 4.68 Å². The highest BCUT2D eigenvalue weighted by atomic mass is 16.2. The molecule has 27 heavy (non-hydrogen) atoms. The molecule has 1 aromatic carbocycles. The molecule has 2 N–H and O–H groups in total. The van der Waals surface area contributed by atoms with Crippen molar-refractivity contribution < 1.29 is 4.79 Å². The summed E-state index contributed by atoms with van der Waals surface area (Å²) in [5.41, 5.74) is 2.32. The Kier molecular flexibility index (Phi) is 5.84. The summed E-state index contributed by atoms with van der Waals surface area (Å²) in [5, 5.41) is 10.9. The quantitative estimate of drug-likeness (QED) is 0.819. The lowest BCUT2D eigenvalue weighted by molar-refractivity contribution is -0.123. The van der Waals surface area contributed by atoms with Crippen LogP contribution in [-0.2, 0) is 11.3 Å². The topological polar surface area (TPSA) is 62.2 Å². The van der Waals surface area contributed by atoms with Gasteiger partial charge in [-0.05, 0) is 56.8 Å². The fourth-order valence-electron chi connectivity index (χ4n) is 4.16. The molecule has 1 aromatic heterocycles. The zero-order chi connectivity index (χ0) is 18.5. The van der Waals surface area contributed by atoms with Crippen molar-refractivity contribution in [3.05, 3.63) is 48.3 Å². The van der Waals surface area contributed by atoms with Gasteiger partial charge < -0.3 is 10.6 Å². The van der Waals surface area contributed by atoms with Gasteiger partial charge >= 0.3 is 0 Å². The number of hydrogen-bond acceptors (Lipinski definition) is 4. The largest absolute Gasteiger partial charge is 0.354 e. The molecule has 2 aliphatic heterocycles. The summed E-state index contributed by atoms with van der Waals surface area (Å²) < 4.78 is 1.94. The van der Waals surface area contributed by atoms with Gasteiger partial charge in [0.05, 0.1) is 17.9 Å². The fourth-order valence-corrected chi connectivity index (χ4v) is 4.16. The second kappa shape index (κ2) is 8.67. The van der Waals surface area contributed by atoms with Crippen LogP contribution in [0.4, 0.5) is 0 Å². The fraction of sp³-hybridized carbons (Fsp3) is 0.524. The molecule has 2 fully saturated rings. The van der Waals surface area contributed by atoms with Gasteiger partial charge in [-0.15, -0.1) is 0 Å². The van der Waals surface area contributed by atoms with E-state index >= 15 is 0 Å². The van der Waals surface area contributed by atoms with Gasteiger partial charge in [0.2, 0.25) is 5.91 Å². The first-order valence-corrected chi connectivity index (χ1v) is 10.1. The number of piperidine rings is 1. The molecule has 2 unspecified atom stereocenters. The molecule has 2 aromatic rings. The van der Waals surface area contributed by atoms with Gasteiger partial charge in [0.1, 0.15) is 0 Å². The van der Waals surface area contributed by atoms with Crippen molar-refractivity contribution in [3.63, 3.8) is 0 Å². The third-order valence-corrected chi connectivity index (χ3v) is 5.61. The van der Waals surface area contributed by atoms with Gasteiger partial charge in [-0.1, -0.05) is 18.2 Å². The van der Waals surface area contributed by atoms with E-state index in [1.165, 1.54) is 18.4 Å². The average Bonchev–Trinajstić information content (AvgIpc) is 3.39. The lowest BCUT2D eigenvalue weighted by Crippen LogP contribution is -2.45. The second-order valence-corrected chi connectivity index (χ2v) is 7.77. The summed E-state index contributed by atoms with van der Waals surface area (Å²) in [6.45, 7) is 4.82. The zero-order valence-corrected chi connectivity index (χ0v) is 15.8. The molecule has 0 spiro atoms. The molecule has 0 bridgehead atoms. The highest BCUT2D eigenvalue weighted by Gasteiger charge is 2.24. The van der Waals surface area contributed by atoms with Crippen molar-refractivity contribution in [3.8, 4) is 5.69 Å². The summed E-state index contributed by atoms with van der Waals surface area (Å²) in [6, 6.07) is 10.2. The smallest absolute Gasteiger partial charge is 0.237 e. The Hall–Kier alpha value is -2.18. The summed E-state index contributed by atoms with van der Waals surface area (Å²) in [7, 11) is 0. The minimum atomic E-state index is 0.0218. The van der Waals surface area contributed by atoms with Crippen molar-refractivity contribution >= 4 is 5.91 Å². The molecule has 3 heterocycles. The first kappa shape index (κ1) is 18.2. The molecule has 2 saturated heterocycles. The standard InChI is InChI=1S/C21H29N5O/c27-21(20-9-4-10-22-20)23-12-17-6-5-11-25(14-17)15-18-13-24-26(16-18)19-7-2-1-3-8-19/h1-3,7-8,13,16-17,20,22H,4-6,9-12,14-15H2,(H,23,27). The van der Waals surface area contributed by atoms with E-state index in [0.29, 0.717) is 5.92 Å². The van der Waals surface area contributed by atoms with Crippen molar-refractivity contribution in [1.29, 1.82) is 0 Å². The number of nitrogens with zero attached hydrogens (tertiary/aromatic N) is 3. The van der Waals surface area contributed by atoms with Crippen molar-refractivity contribution in [2.45, 2.75) is 38.3 Å². The highest BCUT2D eigenvalue weighted by molar-refractivity contribution is 5.81. The molecule has 6 heteroatoms. The van der Waals surface area contributed by atoms with Crippen LogP contribution in [0.25, 0.3) is 5.69 Å². The number of likely N-dealkylation sites (tertiary alicyclic amines) is 1. The highest BCUT2D eigenvalue weighted by Crippen LogP contribution is 2.19. The van der Waals surface area contributed by atoms with Crippen LogP contribution >= 0.6 is 0 Å². The Bertz CT molecular complexity index is 738. The van der Waals surface area contributed by atoms with E-state index in [0.717, 1.165) is 51.3 Å². The Morgan fingerprint density at radius 1 is 1.22 bits per heavy atom. The molecule has 1 amide bonds. The predicted molar refractivity (Wildman–Crippen MR) is 106 cm³/mol. The van der Waals surface area contributed by atoms with Crippen molar-refractivity contribution in [2.75, 3.05) is 26.2 Å². The number of benzene rings is 1. The van der Waals surface area contributed by atoms with Crippen LogP contribution in [0.1, 0.15) is 31.2 Å². The molecular formula is C21H29N5O. The Labute approximate surface area is 160 Å². The van der Waals surface area contributed by atoms with E-state index in [-0.39, 0.29) is 11.9 Å². The molecule has 6 nitrogen and oxygen atoms in total. The van der Waals surface area contributed by atoms with E-state index in [1.807, 2.05) is 29.1 Å². The van der Waals surface area contributed by atoms with Crippen molar-refractivity contribution in [1.82, 2.24) is 25.3 Å². The third-order valence-electron chi connectivity index (χ3n) is 5.61. The Morgan fingerprint density at radius 3 is 2.93 bits per heavy atom. The number of carbonyl (C=O) groups is 1. The minimum Gasteiger partial charge on any atom is -0.354 e. The molecule has 2 aliphatic rings. The normalized spacial score (nSPS) is 23.4. The van der Waals surface area contributed by atoms with E-state index in [9.17, 15) is 4.79 Å². The summed E-state index contributed by atoms with van der Waals surface area (Å²) in [5.74, 6) is 0.710. The van der Waals surface area contributed by atoms with E-state index in [2.05, 4.69) is 39.0 Å². The molecule has 144 valence electrons. The van der Waals surface area contributed by atoms with Crippen LogP contribution < -0.4 is 10.6 Å². The van der Waals surface area contributed by atoms with Gasteiger partial charge in [-0.3, -0.25) is 9.69 Å².